The summed E-state index contributed by atoms with van der Waals surface area (Å²) < 4.78 is 21.8. The second kappa shape index (κ2) is 5.67. The summed E-state index contributed by atoms with van der Waals surface area (Å²) in [7, 11) is 0. The van der Waals surface area contributed by atoms with Crippen LogP contribution >= 0.6 is 0 Å². The van der Waals surface area contributed by atoms with Crippen molar-refractivity contribution >= 4 is 24.0 Å². The number of fused-ring (bicyclic) bond motifs is 6. The number of aliphatic hydroxyl groups is 1. The standard InChI is InChI=1S/C24H12O8/c25-21-13-4-11-2-9-1-10-3-12-5-14-16(24(28)32-22(14)26)7-18(12)30-20(10)8-19(9)29-17(11)6-15(13)23(27)31-21/h1-6,8,18-19,28H,7H2. The molecule has 0 saturated heterocycles. The summed E-state index contributed by atoms with van der Waals surface area (Å²) in [6, 6.07) is 3.13. The van der Waals surface area contributed by atoms with Gasteiger partial charge in [0.1, 0.15) is 23.7 Å². The highest BCUT2D eigenvalue weighted by Gasteiger charge is 2.40. The lowest BCUT2D eigenvalue weighted by atomic mass is 9.84. The maximum atomic E-state index is 11.9. The van der Waals surface area contributed by atoms with E-state index in [1.54, 1.807) is 12.1 Å². The molecular weight excluding hydrogens is 416 g/mol. The Morgan fingerprint density at radius 3 is 2.50 bits per heavy atom. The molecule has 0 aromatic heterocycles. The van der Waals surface area contributed by atoms with Gasteiger partial charge in [0.05, 0.1) is 22.3 Å². The lowest BCUT2D eigenvalue weighted by molar-refractivity contribution is -0.136. The molecule has 7 rings (SSSR count). The summed E-state index contributed by atoms with van der Waals surface area (Å²) in [6.45, 7) is 0. The number of carbonyl (C=O) groups is 3. The largest absolute Gasteiger partial charge is 0.485 e. The summed E-state index contributed by atoms with van der Waals surface area (Å²) in [6.07, 6.45) is 8.83. The van der Waals surface area contributed by atoms with Crippen molar-refractivity contribution in [2.45, 2.75) is 18.6 Å². The first-order valence-electron chi connectivity index (χ1n) is 9.96. The van der Waals surface area contributed by atoms with Crippen LogP contribution in [0.25, 0.3) is 6.08 Å². The van der Waals surface area contributed by atoms with E-state index in [4.69, 9.17) is 14.2 Å². The molecule has 4 aliphatic heterocycles. The van der Waals surface area contributed by atoms with Gasteiger partial charge in [0.15, 0.2) is 0 Å². The third-order valence-electron chi connectivity index (χ3n) is 6.25. The van der Waals surface area contributed by atoms with E-state index in [0.717, 1.165) is 16.7 Å². The molecule has 8 heteroatoms. The zero-order valence-corrected chi connectivity index (χ0v) is 16.2. The first-order chi connectivity index (χ1) is 15.4. The number of ether oxygens (including phenoxy) is 4. The highest BCUT2D eigenvalue weighted by atomic mass is 16.6. The van der Waals surface area contributed by atoms with Crippen molar-refractivity contribution in [2.75, 3.05) is 0 Å². The van der Waals surface area contributed by atoms with Crippen LogP contribution in [0.1, 0.15) is 32.7 Å². The van der Waals surface area contributed by atoms with E-state index >= 15 is 0 Å². The zero-order valence-electron chi connectivity index (χ0n) is 16.2. The molecule has 0 saturated carbocycles. The minimum absolute atomic E-state index is 0.193. The van der Waals surface area contributed by atoms with Crippen molar-refractivity contribution in [3.8, 4) is 5.75 Å². The molecule has 6 aliphatic rings. The highest BCUT2D eigenvalue weighted by molar-refractivity contribution is 6.15. The van der Waals surface area contributed by atoms with Crippen LogP contribution in [-0.2, 0) is 19.0 Å². The maximum absolute atomic E-state index is 11.9. The molecule has 0 fully saturated rings. The van der Waals surface area contributed by atoms with Gasteiger partial charge in [-0.05, 0) is 47.6 Å². The molecule has 2 unspecified atom stereocenters. The maximum Gasteiger partial charge on any atom is 0.347 e. The number of benzene rings is 1. The number of esters is 3. The third-order valence-corrected chi connectivity index (χ3v) is 6.25. The molecule has 0 radical (unpaired) electrons. The number of carbonyl (C=O) groups excluding carboxylic acids is 3. The molecule has 1 aromatic carbocycles. The summed E-state index contributed by atoms with van der Waals surface area (Å²) in [5.41, 5.74) is 4.38. The van der Waals surface area contributed by atoms with E-state index in [-0.39, 0.29) is 23.2 Å². The summed E-state index contributed by atoms with van der Waals surface area (Å²) in [4.78, 5) is 35.7. The van der Waals surface area contributed by atoms with Gasteiger partial charge in [-0.25, -0.2) is 14.4 Å². The van der Waals surface area contributed by atoms with Crippen molar-refractivity contribution in [2.24, 2.45) is 0 Å². The molecule has 8 nitrogen and oxygen atoms in total. The zero-order chi connectivity index (χ0) is 21.7. The molecule has 1 N–H and O–H groups in total. The monoisotopic (exact) mass is 428 g/mol. The summed E-state index contributed by atoms with van der Waals surface area (Å²) in [5, 5.41) is 9.88. The Kier molecular flexibility index (Phi) is 3.08. The average molecular weight is 428 g/mol. The van der Waals surface area contributed by atoms with Gasteiger partial charge in [-0.2, -0.15) is 0 Å². The van der Waals surface area contributed by atoms with Gasteiger partial charge in [-0.3, -0.25) is 0 Å². The van der Waals surface area contributed by atoms with Gasteiger partial charge in [-0.1, -0.05) is 0 Å². The second-order valence-electron chi connectivity index (χ2n) is 8.11. The first kappa shape index (κ1) is 17.4. The fourth-order valence-electron chi connectivity index (χ4n) is 4.69. The number of hydrogen-bond acceptors (Lipinski definition) is 8. The van der Waals surface area contributed by atoms with Crippen molar-refractivity contribution in [1.82, 2.24) is 0 Å². The molecule has 1 aromatic rings. The average Bonchev–Trinajstić information content (AvgIpc) is 3.20. The number of rotatable bonds is 0. The Balaban J connectivity index is 1.30. The van der Waals surface area contributed by atoms with E-state index in [1.165, 1.54) is 6.07 Å². The molecule has 2 aliphatic carbocycles. The number of hydrogen-bond donors (Lipinski definition) is 1. The Hall–Kier alpha value is -4.33. The molecular formula is C24H12O8. The van der Waals surface area contributed by atoms with E-state index in [9.17, 15) is 19.5 Å². The fourth-order valence-corrected chi connectivity index (χ4v) is 4.69. The summed E-state index contributed by atoms with van der Waals surface area (Å²) in [5.74, 6) is -1.18. The lowest BCUT2D eigenvalue weighted by Gasteiger charge is -2.34. The fraction of sp³-hybridized carbons (Fsp3) is 0.125. The minimum atomic E-state index is -0.680. The van der Waals surface area contributed by atoms with Gasteiger partial charge in [-0.15, -0.1) is 0 Å². The first-order valence-corrected chi connectivity index (χ1v) is 9.96. The van der Waals surface area contributed by atoms with Crippen LogP contribution in [-0.4, -0.2) is 35.2 Å². The summed E-state index contributed by atoms with van der Waals surface area (Å²) >= 11 is 0. The second-order valence-corrected chi connectivity index (χ2v) is 8.11. The van der Waals surface area contributed by atoms with Crippen LogP contribution in [0.15, 0.2) is 76.0 Å². The van der Waals surface area contributed by atoms with E-state index in [2.05, 4.69) is 4.74 Å². The number of cyclic esters (lactones) is 3. The van der Waals surface area contributed by atoms with Crippen molar-refractivity contribution < 1.29 is 38.4 Å². The normalized spacial score (nSPS) is 26.2. The van der Waals surface area contributed by atoms with Gasteiger partial charge in [0.2, 0.25) is 0 Å². The van der Waals surface area contributed by atoms with Crippen LogP contribution in [0.4, 0.5) is 0 Å². The minimum Gasteiger partial charge on any atom is -0.485 e. The Morgan fingerprint density at radius 1 is 0.844 bits per heavy atom. The smallest absolute Gasteiger partial charge is 0.347 e. The van der Waals surface area contributed by atoms with Gasteiger partial charge < -0.3 is 24.1 Å². The van der Waals surface area contributed by atoms with Crippen LogP contribution in [0.2, 0.25) is 0 Å². The van der Waals surface area contributed by atoms with E-state index in [0.29, 0.717) is 34.6 Å². The quantitative estimate of drug-likeness (QED) is 0.496. The number of aliphatic hydroxyl groups excluding tert-OH is 1. The van der Waals surface area contributed by atoms with Gasteiger partial charge in [0.25, 0.3) is 5.95 Å². The van der Waals surface area contributed by atoms with Crippen LogP contribution < -0.4 is 4.74 Å². The number of allylic oxidation sites excluding steroid dienone is 1. The van der Waals surface area contributed by atoms with Gasteiger partial charge >= 0.3 is 17.9 Å². The van der Waals surface area contributed by atoms with Crippen molar-refractivity contribution in [3.05, 3.63) is 92.7 Å². The SMILES string of the molecule is O=C1OC(O)=C2CC3OC4=CC5Oc6cc7c(cc6C=C5C=C4C=C3C=C12)C(=O)OC7=O. The van der Waals surface area contributed by atoms with Crippen LogP contribution in [0.5, 0.6) is 5.75 Å². The molecule has 0 bridgehead atoms. The van der Waals surface area contributed by atoms with E-state index in [1.807, 2.05) is 24.3 Å². The van der Waals surface area contributed by atoms with Gasteiger partial charge in [0, 0.05) is 23.6 Å². The molecule has 0 spiro atoms. The molecule has 4 heterocycles. The highest BCUT2D eigenvalue weighted by Crippen LogP contribution is 2.44. The predicted octanol–water partition coefficient (Wildman–Crippen LogP) is 2.95. The third kappa shape index (κ3) is 2.23. The van der Waals surface area contributed by atoms with Crippen LogP contribution in [0.3, 0.4) is 0 Å². The molecule has 156 valence electrons. The Bertz CT molecular complexity index is 1410. The Morgan fingerprint density at radius 2 is 1.66 bits per heavy atom. The molecule has 0 amide bonds. The molecule has 32 heavy (non-hydrogen) atoms. The van der Waals surface area contributed by atoms with Crippen molar-refractivity contribution in [1.29, 1.82) is 0 Å². The topological polar surface area (TPSA) is 108 Å². The molecule has 2 atom stereocenters. The van der Waals surface area contributed by atoms with E-state index < -0.39 is 24.0 Å². The Labute approximate surface area is 180 Å². The van der Waals surface area contributed by atoms with Crippen LogP contribution in [0, 0.1) is 0 Å². The van der Waals surface area contributed by atoms with Crippen molar-refractivity contribution in [3.63, 3.8) is 0 Å². The lowest BCUT2D eigenvalue weighted by Crippen LogP contribution is -2.29. The predicted molar refractivity (Wildman–Crippen MR) is 106 cm³/mol.